The van der Waals surface area contributed by atoms with E-state index in [1.807, 2.05) is 0 Å². The summed E-state index contributed by atoms with van der Waals surface area (Å²) in [6.45, 7) is 1.53. The predicted octanol–water partition coefficient (Wildman–Crippen LogP) is 1.55. The summed E-state index contributed by atoms with van der Waals surface area (Å²) in [6.07, 6.45) is -2.77. The Bertz CT molecular complexity index is 400. The van der Waals surface area contributed by atoms with E-state index in [-0.39, 0.29) is 11.3 Å². The van der Waals surface area contributed by atoms with Crippen LogP contribution in [-0.2, 0) is 11.6 Å². The molecule has 1 N–H and O–H groups in total. The van der Waals surface area contributed by atoms with E-state index in [1.165, 1.54) is 0 Å². The van der Waals surface area contributed by atoms with E-state index in [0.717, 1.165) is 19.2 Å². The summed E-state index contributed by atoms with van der Waals surface area (Å²) in [4.78, 5) is 3.75. The molecule has 1 aromatic rings. The fraction of sp³-hybridized carbons (Fsp3) is 0.667. The van der Waals surface area contributed by atoms with Gasteiger partial charge in [-0.1, -0.05) is 0 Å². The van der Waals surface area contributed by atoms with Gasteiger partial charge >= 0.3 is 6.18 Å². The van der Waals surface area contributed by atoms with Crippen LogP contribution >= 0.6 is 0 Å². The molecule has 1 aliphatic heterocycles. The summed E-state index contributed by atoms with van der Waals surface area (Å²) >= 11 is 0. The van der Waals surface area contributed by atoms with E-state index in [9.17, 15) is 13.2 Å². The van der Waals surface area contributed by atoms with E-state index < -0.39 is 11.9 Å². The summed E-state index contributed by atoms with van der Waals surface area (Å²) in [5.41, 5.74) is -0.247. The molecule has 6 heteroatoms. The highest BCUT2D eigenvalue weighted by molar-refractivity contribution is 5.26. The van der Waals surface area contributed by atoms with Crippen molar-refractivity contribution in [3.05, 3.63) is 17.8 Å². The van der Waals surface area contributed by atoms with Crippen LogP contribution < -0.4 is 5.32 Å². The van der Waals surface area contributed by atoms with Crippen LogP contribution in [0.3, 0.4) is 0 Å². The van der Waals surface area contributed by atoms with Crippen molar-refractivity contribution in [1.29, 1.82) is 0 Å². The first-order valence-electron chi connectivity index (χ1n) is 4.77. The Morgan fingerprint density at radius 1 is 1.53 bits per heavy atom. The molecule has 3 rings (SSSR count). The number of aromatic nitrogens is 1. The minimum absolute atomic E-state index is 0.241. The van der Waals surface area contributed by atoms with Crippen molar-refractivity contribution in [3.63, 3.8) is 0 Å². The Hall–Kier alpha value is -1.04. The highest BCUT2D eigenvalue weighted by atomic mass is 19.4. The molecule has 3 nitrogen and oxygen atoms in total. The quantitative estimate of drug-likeness (QED) is 0.777. The van der Waals surface area contributed by atoms with Gasteiger partial charge in [0, 0.05) is 6.54 Å². The molecule has 0 radical (unpaired) electrons. The van der Waals surface area contributed by atoms with Crippen molar-refractivity contribution in [2.24, 2.45) is 5.92 Å². The van der Waals surface area contributed by atoms with Gasteiger partial charge in [0.15, 0.2) is 0 Å². The van der Waals surface area contributed by atoms with Crippen LogP contribution in [0.25, 0.3) is 0 Å². The summed E-state index contributed by atoms with van der Waals surface area (Å²) in [5.74, 6) is -0.355. The van der Waals surface area contributed by atoms with Gasteiger partial charge in [0.2, 0.25) is 11.7 Å². The second kappa shape index (κ2) is 2.55. The number of alkyl halides is 3. The van der Waals surface area contributed by atoms with E-state index in [4.69, 9.17) is 4.42 Å². The monoisotopic (exact) mass is 218 g/mol. The molecule has 1 saturated carbocycles. The zero-order valence-electron chi connectivity index (χ0n) is 7.77. The van der Waals surface area contributed by atoms with Crippen molar-refractivity contribution in [1.82, 2.24) is 10.3 Å². The molecule has 0 aromatic carbocycles. The standard InChI is InChI=1S/C9H9F3N2O/c10-9(11,12)6-3-14-7(15-6)8-1-5(8)2-13-4-8/h3,5,13H,1-2,4H2. The summed E-state index contributed by atoms with van der Waals surface area (Å²) in [6, 6.07) is 0. The largest absolute Gasteiger partial charge is 0.451 e. The second-order valence-corrected chi connectivity index (χ2v) is 4.22. The normalized spacial score (nSPS) is 34.2. The second-order valence-electron chi connectivity index (χ2n) is 4.22. The Kier molecular flexibility index (Phi) is 1.57. The van der Waals surface area contributed by atoms with Gasteiger partial charge < -0.3 is 9.73 Å². The number of nitrogens with zero attached hydrogens (tertiary/aromatic N) is 1. The SMILES string of the molecule is FC(F)(F)c1cnc(C23CNCC2C3)o1. The topological polar surface area (TPSA) is 38.1 Å². The molecule has 0 spiro atoms. The molecule has 0 bridgehead atoms. The first kappa shape index (κ1) is 9.21. The Balaban J connectivity index is 1.92. The third kappa shape index (κ3) is 1.20. The Morgan fingerprint density at radius 2 is 2.33 bits per heavy atom. The number of nitrogens with one attached hydrogen (secondary N) is 1. The Labute approximate surface area is 83.7 Å². The van der Waals surface area contributed by atoms with Gasteiger partial charge in [-0.15, -0.1) is 0 Å². The van der Waals surface area contributed by atoms with Gasteiger partial charge in [0.25, 0.3) is 0 Å². The fourth-order valence-corrected chi connectivity index (χ4v) is 2.31. The highest BCUT2D eigenvalue weighted by Crippen LogP contribution is 2.56. The maximum absolute atomic E-state index is 12.3. The number of oxazole rings is 1. The maximum Gasteiger partial charge on any atom is 0.451 e. The van der Waals surface area contributed by atoms with Gasteiger partial charge in [-0.3, -0.25) is 0 Å². The lowest BCUT2D eigenvalue weighted by molar-refractivity contribution is -0.153. The van der Waals surface area contributed by atoms with Crippen LogP contribution in [0.4, 0.5) is 13.2 Å². The molecule has 2 unspecified atom stereocenters. The van der Waals surface area contributed by atoms with Gasteiger partial charge in [0.05, 0.1) is 11.6 Å². The average molecular weight is 218 g/mol. The predicted molar refractivity (Wildman–Crippen MR) is 44.2 cm³/mol. The number of hydrogen-bond acceptors (Lipinski definition) is 3. The number of piperidine rings is 1. The molecule has 15 heavy (non-hydrogen) atoms. The Morgan fingerprint density at radius 3 is 2.80 bits per heavy atom. The van der Waals surface area contributed by atoms with E-state index in [1.54, 1.807) is 0 Å². The van der Waals surface area contributed by atoms with Crippen LogP contribution in [0, 0.1) is 5.92 Å². The van der Waals surface area contributed by atoms with E-state index >= 15 is 0 Å². The van der Waals surface area contributed by atoms with Crippen LogP contribution in [0.15, 0.2) is 10.6 Å². The van der Waals surface area contributed by atoms with Gasteiger partial charge in [-0.05, 0) is 18.9 Å². The zero-order chi connectivity index (χ0) is 10.7. The molecule has 2 fully saturated rings. The third-order valence-electron chi connectivity index (χ3n) is 3.27. The number of hydrogen-bond donors (Lipinski definition) is 1. The lowest BCUT2D eigenvalue weighted by atomic mass is 10.1. The zero-order valence-corrected chi connectivity index (χ0v) is 7.77. The van der Waals surface area contributed by atoms with Crippen molar-refractivity contribution in [2.75, 3.05) is 13.1 Å². The van der Waals surface area contributed by atoms with Crippen molar-refractivity contribution < 1.29 is 17.6 Å². The highest BCUT2D eigenvalue weighted by Gasteiger charge is 2.62. The third-order valence-corrected chi connectivity index (χ3v) is 3.27. The molecular formula is C9H9F3N2O. The smallest absolute Gasteiger partial charge is 0.435 e. The van der Waals surface area contributed by atoms with Gasteiger partial charge in [0.1, 0.15) is 0 Å². The van der Waals surface area contributed by atoms with Crippen molar-refractivity contribution in [3.8, 4) is 0 Å². The van der Waals surface area contributed by atoms with E-state index in [0.29, 0.717) is 12.5 Å². The molecule has 1 aromatic heterocycles. The van der Waals surface area contributed by atoms with Gasteiger partial charge in [-0.2, -0.15) is 13.2 Å². The molecule has 2 heterocycles. The molecule has 82 valence electrons. The maximum atomic E-state index is 12.3. The summed E-state index contributed by atoms with van der Waals surface area (Å²) in [5, 5.41) is 3.13. The first-order chi connectivity index (χ1) is 7.02. The molecule has 1 saturated heterocycles. The van der Waals surface area contributed by atoms with E-state index in [2.05, 4.69) is 10.3 Å². The number of fused-ring (bicyclic) bond motifs is 1. The number of rotatable bonds is 1. The van der Waals surface area contributed by atoms with Crippen molar-refractivity contribution >= 4 is 0 Å². The average Bonchev–Trinajstić information content (AvgIpc) is 2.63. The van der Waals surface area contributed by atoms with Crippen LogP contribution in [-0.4, -0.2) is 18.1 Å². The van der Waals surface area contributed by atoms with Crippen molar-refractivity contribution in [2.45, 2.75) is 18.0 Å². The minimum atomic E-state index is -4.43. The van der Waals surface area contributed by atoms with Crippen LogP contribution in [0.2, 0.25) is 0 Å². The molecular weight excluding hydrogens is 209 g/mol. The van der Waals surface area contributed by atoms with Crippen LogP contribution in [0.5, 0.6) is 0 Å². The molecule has 2 aliphatic rings. The number of halogens is 3. The lowest BCUT2D eigenvalue weighted by Crippen LogP contribution is -2.19. The summed E-state index contributed by atoms with van der Waals surface area (Å²) in [7, 11) is 0. The lowest BCUT2D eigenvalue weighted by Gasteiger charge is -2.06. The fourth-order valence-electron chi connectivity index (χ4n) is 2.31. The van der Waals surface area contributed by atoms with Gasteiger partial charge in [-0.25, -0.2) is 4.98 Å². The minimum Gasteiger partial charge on any atom is -0.435 e. The van der Waals surface area contributed by atoms with Crippen LogP contribution in [0.1, 0.15) is 18.1 Å². The summed E-state index contributed by atoms with van der Waals surface area (Å²) < 4.78 is 41.6. The molecule has 1 aliphatic carbocycles. The first-order valence-corrected chi connectivity index (χ1v) is 4.77. The molecule has 0 amide bonds. The molecule has 2 atom stereocenters.